The number of carbonyl (C=O) groups excluding carboxylic acids is 3. The average Bonchev–Trinajstić information content (AvgIpc) is 2.17. The molecule has 86 valence electrons. The van der Waals surface area contributed by atoms with Gasteiger partial charge in [-0.1, -0.05) is 0 Å². The Morgan fingerprint density at radius 1 is 1.40 bits per heavy atom. The Labute approximate surface area is 92.5 Å². The van der Waals surface area contributed by atoms with Crippen LogP contribution in [0.2, 0.25) is 0 Å². The monoisotopic (exact) mass is 236 g/mol. The van der Waals surface area contributed by atoms with Crippen molar-refractivity contribution in [2.75, 3.05) is 26.6 Å². The third-order valence-corrected chi connectivity index (χ3v) is 1.70. The van der Waals surface area contributed by atoms with Crippen molar-refractivity contribution in [1.82, 2.24) is 10.2 Å². The van der Waals surface area contributed by atoms with Crippen LogP contribution in [-0.2, 0) is 14.3 Å². The third kappa shape index (κ3) is 5.90. The molecular formula is C8H13ClN2O4. The molecule has 1 N–H and O–H groups in total. The lowest BCUT2D eigenvalue weighted by Gasteiger charge is -2.15. The summed E-state index contributed by atoms with van der Waals surface area (Å²) in [6.07, 6.45) is 0.0549. The number of carbonyl (C=O) groups is 3. The zero-order valence-electron chi connectivity index (χ0n) is 8.58. The number of esters is 1. The number of methoxy groups -OCH3 is 1. The first-order chi connectivity index (χ1) is 7.01. The SMILES string of the molecule is COC(=O)CN(C)C(=O)NC(=O)CCCl. The molecule has 0 aromatic heterocycles. The van der Waals surface area contributed by atoms with E-state index in [9.17, 15) is 14.4 Å². The molecule has 0 aliphatic carbocycles. The predicted molar refractivity (Wildman–Crippen MR) is 53.5 cm³/mol. The fraction of sp³-hybridized carbons (Fsp3) is 0.625. The van der Waals surface area contributed by atoms with Crippen molar-refractivity contribution in [2.24, 2.45) is 0 Å². The average molecular weight is 237 g/mol. The van der Waals surface area contributed by atoms with Gasteiger partial charge in [-0.15, -0.1) is 11.6 Å². The Kier molecular flexibility index (Phi) is 6.44. The molecule has 3 amide bonds. The fourth-order valence-corrected chi connectivity index (χ4v) is 0.865. The van der Waals surface area contributed by atoms with Gasteiger partial charge in [0.1, 0.15) is 6.54 Å². The Balaban J connectivity index is 3.99. The van der Waals surface area contributed by atoms with Gasteiger partial charge in [0.25, 0.3) is 0 Å². The number of urea groups is 1. The van der Waals surface area contributed by atoms with Crippen LogP contribution in [0, 0.1) is 0 Å². The molecule has 0 bridgehead atoms. The van der Waals surface area contributed by atoms with E-state index in [1.807, 2.05) is 0 Å². The van der Waals surface area contributed by atoms with Gasteiger partial charge in [0, 0.05) is 19.3 Å². The fourth-order valence-electron chi connectivity index (χ4n) is 0.693. The van der Waals surface area contributed by atoms with Crippen molar-refractivity contribution < 1.29 is 19.1 Å². The van der Waals surface area contributed by atoms with E-state index in [2.05, 4.69) is 10.1 Å². The van der Waals surface area contributed by atoms with Gasteiger partial charge in [0.15, 0.2) is 0 Å². The van der Waals surface area contributed by atoms with Crippen LogP contribution in [0.4, 0.5) is 4.79 Å². The largest absolute Gasteiger partial charge is 0.468 e. The molecule has 7 heteroatoms. The standard InChI is InChI=1S/C8H13ClN2O4/c1-11(5-7(13)15-2)8(14)10-6(12)3-4-9/h3-5H2,1-2H3,(H,10,12,14). The van der Waals surface area contributed by atoms with Crippen LogP contribution in [0.3, 0.4) is 0 Å². The minimum atomic E-state index is -0.657. The molecule has 0 heterocycles. The van der Waals surface area contributed by atoms with Gasteiger partial charge in [-0.25, -0.2) is 4.79 Å². The lowest BCUT2D eigenvalue weighted by Crippen LogP contribution is -2.43. The minimum Gasteiger partial charge on any atom is -0.468 e. The maximum absolute atomic E-state index is 11.2. The lowest BCUT2D eigenvalue weighted by atomic mass is 10.4. The number of alkyl halides is 1. The molecular weight excluding hydrogens is 224 g/mol. The van der Waals surface area contributed by atoms with Gasteiger partial charge in [-0.05, 0) is 0 Å². The minimum absolute atomic E-state index is 0.0549. The molecule has 0 aromatic carbocycles. The van der Waals surface area contributed by atoms with Crippen molar-refractivity contribution in [1.29, 1.82) is 0 Å². The molecule has 0 rings (SSSR count). The lowest BCUT2D eigenvalue weighted by molar-refractivity contribution is -0.141. The van der Waals surface area contributed by atoms with Crippen molar-refractivity contribution in [3.05, 3.63) is 0 Å². The second-order valence-electron chi connectivity index (χ2n) is 2.72. The summed E-state index contributed by atoms with van der Waals surface area (Å²) in [5, 5.41) is 2.07. The number of hydrogen-bond acceptors (Lipinski definition) is 4. The van der Waals surface area contributed by atoms with E-state index >= 15 is 0 Å². The number of nitrogens with zero attached hydrogens (tertiary/aromatic N) is 1. The maximum atomic E-state index is 11.2. The van der Waals surface area contributed by atoms with Crippen LogP contribution in [-0.4, -0.2) is 49.4 Å². The molecule has 0 radical (unpaired) electrons. The molecule has 0 aliphatic rings. The number of rotatable bonds is 4. The molecule has 0 saturated heterocycles. The van der Waals surface area contributed by atoms with Crippen LogP contribution in [0.5, 0.6) is 0 Å². The number of ether oxygens (including phenoxy) is 1. The molecule has 6 nitrogen and oxygen atoms in total. The summed E-state index contributed by atoms with van der Waals surface area (Å²) in [6, 6.07) is -0.657. The number of likely N-dealkylation sites (N-methyl/N-ethyl adjacent to an activating group) is 1. The molecule has 0 unspecified atom stereocenters. The highest BCUT2D eigenvalue weighted by atomic mass is 35.5. The summed E-state index contributed by atoms with van der Waals surface area (Å²) in [6.45, 7) is -0.212. The van der Waals surface area contributed by atoms with Gasteiger partial charge in [-0.3, -0.25) is 14.9 Å². The summed E-state index contributed by atoms with van der Waals surface area (Å²) in [5.41, 5.74) is 0. The van der Waals surface area contributed by atoms with Gasteiger partial charge < -0.3 is 9.64 Å². The van der Waals surface area contributed by atoms with E-state index in [0.29, 0.717) is 0 Å². The van der Waals surface area contributed by atoms with Crippen molar-refractivity contribution in [2.45, 2.75) is 6.42 Å². The summed E-state index contributed by atoms with van der Waals surface area (Å²) in [4.78, 5) is 34.0. The van der Waals surface area contributed by atoms with Crippen molar-refractivity contribution in [3.63, 3.8) is 0 Å². The smallest absolute Gasteiger partial charge is 0.325 e. The van der Waals surface area contributed by atoms with Crippen LogP contribution in [0.1, 0.15) is 6.42 Å². The zero-order chi connectivity index (χ0) is 11.8. The highest BCUT2D eigenvalue weighted by molar-refractivity contribution is 6.19. The Hall–Kier alpha value is -1.30. The van der Waals surface area contributed by atoms with Gasteiger partial charge in [0.05, 0.1) is 7.11 Å². The van der Waals surface area contributed by atoms with E-state index in [-0.39, 0.29) is 18.8 Å². The molecule has 0 saturated carbocycles. The van der Waals surface area contributed by atoms with Gasteiger partial charge >= 0.3 is 12.0 Å². The highest BCUT2D eigenvalue weighted by Crippen LogP contribution is 1.89. The van der Waals surface area contributed by atoms with Gasteiger partial charge in [0.2, 0.25) is 5.91 Å². The topological polar surface area (TPSA) is 75.7 Å². The van der Waals surface area contributed by atoms with E-state index < -0.39 is 17.9 Å². The third-order valence-electron chi connectivity index (χ3n) is 1.51. The van der Waals surface area contributed by atoms with Crippen molar-refractivity contribution >= 4 is 29.5 Å². The van der Waals surface area contributed by atoms with Crippen LogP contribution in [0.15, 0.2) is 0 Å². The first-order valence-corrected chi connectivity index (χ1v) is 4.72. The zero-order valence-corrected chi connectivity index (χ0v) is 9.34. The maximum Gasteiger partial charge on any atom is 0.325 e. The van der Waals surface area contributed by atoms with E-state index in [4.69, 9.17) is 11.6 Å². The van der Waals surface area contributed by atoms with Gasteiger partial charge in [-0.2, -0.15) is 0 Å². The number of hydrogen-bond donors (Lipinski definition) is 1. The van der Waals surface area contributed by atoms with Crippen LogP contribution in [0.25, 0.3) is 0 Å². The van der Waals surface area contributed by atoms with Crippen LogP contribution < -0.4 is 5.32 Å². The summed E-state index contributed by atoms with van der Waals surface area (Å²) < 4.78 is 4.36. The van der Waals surface area contributed by atoms with E-state index in [0.717, 1.165) is 4.90 Å². The molecule has 15 heavy (non-hydrogen) atoms. The number of nitrogens with one attached hydrogen (secondary N) is 1. The summed E-state index contributed by atoms with van der Waals surface area (Å²) in [5.74, 6) is -0.899. The highest BCUT2D eigenvalue weighted by Gasteiger charge is 2.14. The first kappa shape index (κ1) is 13.7. The van der Waals surface area contributed by atoms with E-state index in [1.165, 1.54) is 14.2 Å². The number of imide groups is 1. The Morgan fingerprint density at radius 2 is 2.00 bits per heavy atom. The summed E-state index contributed by atoms with van der Waals surface area (Å²) in [7, 11) is 2.59. The Bertz CT molecular complexity index is 257. The normalized spacial score (nSPS) is 9.27. The molecule has 0 aliphatic heterocycles. The van der Waals surface area contributed by atoms with Crippen molar-refractivity contribution in [3.8, 4) is 0 Å². The molecule has 0 fully saturated rings. The second kappa shape index (κ2) is 7.05. The molecule has 0 spiro atoms. The number of halogens is 1. The first-order valence-electron chi connectivity index (χ1n) is 4.19. The Morgan fingerprint density at radius 3 is 2.47 bits per heavy atom. The van der Waals surface area contributed by atoms with E-state index in [1.54, 1.807) is 0 Å². The number of amides is 3. The molecule has 0 aromatic rings. The molecule has 0 atom stereocenters. The predicted octanol–water partition coefficient (Wildman–Crippen LogP) is -0.0437. The summed E-state index contributed by atoms with van der Waals surface area (Å²) >= 11 is 5.31. The quantitative estimate of drug-likeness (QED) is 0.549. The second-order valence-corrected chi connectivity index (χ2v) is 3.10. The van der Waals surface area contributed by atoms with Crippen LogP contribution >= 0.6 is 11.6 Å².